The zero-order chi connectivity index (χ0) is 17.5. The minimum absolute atomic E-state index is 0.0478. The van der Waals surface area contributed by atoms with Gasteiger partial charge >= 0.3 is 0 Å². The second-order valence-corrected chi connectivity index (χ2v) is 6.24. The van der Waals surface area contributed by atoms with E-state index in [1.165, 1.54) is 5.56 Å². The van der Waals surface area contributed by atoms with Crippen molar-refractivity contribution in [2.24, 2.45) is 0 Å². The Morgan fingerprint density at radius 2 is 2.04 bits per heavy atom. The van der Waals surface area contributed by atoms with Gasteiger partial charge in [-0.15, -0.1) is 0 Å². The molecule has 1 N–H and O–H groups in total. The first-order valence-electron chi connectivity index (χ1n) is 8.56. The fraction of sp³-hybridized carbons (Fsp3) is 0.368. The summed E-state index contributed by atoms with van der Waals surface area (Å²) in [6, 6.07) is 10.0. The Hall–Kier alpha value is -2.76. The van der Waals surface area contributed by atoms with Gasteiger partial charge in [-0.1, -0.05) is 30.3 Å². The molecule has 1 aliphatic rings. The molecule has 1 fully saturated rings. The lowest BCUT2D eigenvalue weighted by Crippen LogP contribution is -2.37. The largest absolute Gasteiger partial charge is 0.351 e. The van der Waals surface area contributed by atoms with Crippen LogP contribution in [-0.4, -0.2) is 45.8 Å². The first-order valence-corrected chi connectivity index (χ1v) is 8.56. The van der Waals surface area contributed by atoms with E-state index in [2.05, 4.69) is 27.4 Å². The molecule has 0 aliphatic carbocycles. The predicted octanol–water partition coefficient (Wildman–Crippen LogP) is 1.37. The smallest absolute Gasteiger partial charge is 0.224 e. The zero-order valence-electron chi connectivity index (χ0n) is 14.1. The molecule has 1 atom stereocenters. The summed E-state index contributed by atoms with van der Waals surface area (Å²) in [7, 11) is 0. The van der Waals surface area contributed by atoms with Gasteiger partial charge in [-0.2, -0.15) is 0 Å². The Morgan fingerprint density at radius 3 is 2.80 bits per heavy atom. The summed E-state index contributed by atoms with van der Waals surface area (Å²) >= 11 is 0. The molecule has 1 aromatic heterocycles. The number of carbonyl (C=O) groups excluding carboxylic acids is 2. The number of hydrogen-bond acceptors (Lipinski definition) is 4. The molecule has 130 valence electrons. The molecular formula is C19H22N4O2. The number of aryl methyl sites for hydroxylation is 1. The maximum atomic E-state index is 12.1. The van der Waals surface area contributed by atoms with Gasteiger partial charge in [-0.05, 0) is 18.4 Å². The van der Waals surface area contributed by atoms with Gasteiger partial charge in [0.05, 0.1) is 11.7 Å². The lowest BCUT2D eigenvalue weighted by Gasteiger charge is -2.17. The van der Waals surface area contributed by atoms with Crippen molar-refractivity contribution in [3.8, 4) is 0 Å². The number of benzene rings is 1. The Bertz CT molecular complexity index is 706. The third kappa shape index (κ3) is 5.11. The summed E-state index contributed by atoms with van der Waals surface area (Å²) in [6.07, 6.45) is 7.01. The number of hydrogen-bond donors (Lipinski definition) is 1. The zero-order valence-corrected chi connectivity index (χ0v) is 14.1. The van der Waals surface area contributed by atoms with Gasteiger partial charge in [0.15, 0.2) is 0 Å². The predicted molar refractivity (Wildman–Crippen MR) is 93.6 cm³/mol. The third-order valence-electron chi connectivity index (χ3n) is 4.32. The van der Waals surface area contributed by atoms with E-state index in [9.17, 15) is 9.59 Å². The number of aromatic nitrogens is 2. The molecule has 6 heteroatoms. The minimum atomic E-state index is -0.0994. The Kier molecular flexibility index (Phi) is 5.72. The van der Waals surface area contributed by atoms with Crippen LogP contribution < -0.4 is 5.32 Å². The summed E-state index contributed by atoms with van der Waals surface area (Å²) in [5.41, 5.74) is 2.01. The van der Waals surface area contributed by atoms with E-state index in [-0.39, 0.29) is 17.9 Å². The van der Waals surface area contributed by atoms with Crippen molar-refractivity contribution >= 4 is 11.8 Å². The standard InChI is InChI=1S/C19H22N4O2/c24-18(7-6-16-13-20-9-10-21-16)22-17-12-19(25)23(14-17)11-8-15-4-2-1-3-5-15/h1-5,9-10,13,17H,6-8,11-12,14H2,(H,22,24)/t17-/m1/s1. The molecule has 0 bridgehead atoms. The van der Waals surface area contributed by atoms with Gasteiger partial charge in [0, 0.05) is 44.5 Å². The number of likely N-dealkylation sites (tertiary alicyclic amines) is 1. The van der Waals surface area contributed by atoms with Crippen molar-refractivity contribution in [3.05, 3.63) is 60.2 Å². The molecule has 2 amide bonds. The molecule has 0 spiro atoms. The summed E-state index contributed by atoms with van der Waals surface area (Å²) in [6.45, 7) is 1.28. The number of nitrogens with zero attached hydrogens (tertiary/aromatic N) is 3. The number of nitrogens with one attached hydrogen (secondary N) is 1. The van der Waals surface area contributed by atoms with E-state index in [1.54, 1.807) is 18.6 Å². The summed E-state index contributed by atoms with van der Waals surface area (Å²) in [4.78, 5) is 34.2. The molecule has 2 aromatic rings. The van der Waals surface area contributed by atoms with Crippen LogP contribution >= 0.6 is 0 Å². The topological polar surface area (TPSA) is 75.2 Å². The van der Waals surface area contributed by atoms with Crippen LogP contribution in [0.3, 0.4) is 0 Å². The van der Waals surface area contributed by atoms with Crippen molar-refractivity contribution in [1.29, 1.82) is 0 Å². The molecule has 1 aromatic carbocycles. The Morgan fingerprint density at radius 1 is 1.20 bits per heavy atom. The average molecular weight is 338 g/mol. The highest BCUT2D eigenvalue weighted by Gasteiger charge is 2.30. The van der Waals surface area contributed by atoms with Crippen LogP contribution in [0.1, 0.15) is 24.1 Å². The van der Waals surface area contributed by atoms with Gasteiger partial charge in [0.25, 0.3) is 0 Å². The van der Waals surface area contributed by atoms with Crippen molar-refractivity contribution in [2.45, 2.75) is 31.7 Å². The number of rotatable bonds is 7. The first-order chi connectivity index (χ1) is 12.2. The van der Waals surface area contributed by atoms with Crippen molar-refractivity contribution in [2.75, 3.05) is 13.1 Å². The molecule has 1 aliphatic heterocycles. The van der Waals surface area contributed by atoms with Gasteiger partial charge in [-0.25, -0.2) is 0 Å². The Labute approximate surface area is 147 Å². The van der Waals surface area contributed by atoms with Crippen LogP contribution in [0.25, 0.3) is 0 Å². The highest BCUT2D eigenvalue weighted by Crippen LogP contribution is 2.13. The fourth-order valence-electron chi connectivity index (χ4n) is 2.99. The average Bonchev–Trinajstić information content (AvgIpc) is 2.99. The monoisotopic (exact) mass is 338 g/mol. The maximum Gasteiger partial charge on any atom is 0.224 e. The molecule has 1 saturated heterocycles. The molecule has 2 heterocycles. The minimum Gasteiger partial charge on any atom is -0.351 e. The maximum absolute atomic E-state index is 12.1. The molecule has 0 radical (unpaired) electrons. The second kappa shape index (κ2) is 8.37. The van der Waals surface area contributed by atoms with Gasteiger partial charge in [0.2, 0.25) is 11.8 Å². The van der Waals surface area contributed by atoms with Crippen LogP contribution in [-0.2, 0) is 22.4 Å². The van der Waals surface area contributed by atoms with E-state index in [4.69, 9.17) is 0 Å². The highest BCUT2D eigenvalue weighted by atomic mass is 16.2. The molecule has 3 rings (SSSR count). The molecule has 0 saturated carbocycles. The van der Waals surface area contributed by atoms with Gasteiger partial charge < -0.3 is 10.2 Å². The summed E-state index contributed by atoms with van der Waals surface area (Å²) in [5.74, 6) is 0.0588. The lowest BCUT2D eigenvalue weighted by molar-refractivity contribution is -0.127. The van der Waals surface area contributed by atoms with Crippen molar-refractivity contribution in [1.82, 2.24) is 20.2 Å². The molecule has 25 heavy (non-hydrogen) atoms. The van der Waals surface area contributed by atoms with Gasteiger partial charge in [-0.3, -0.25) is 19.6 Å². The van der Waals surface area contributed by atoms with Crippen molar-refractivity contribution in [3.63, 3.8) is 0 Å². The number of amides is 2. The van der Waals surface area contributed by atoms with Crippen LogP contribution in [0, 0.1) is 0 Å². The summed E-state index contributed by atoms with van der Waals surface area (Å²) in [5, 5.41) is 2.96. The third-order valence-corrected chi connectivity index (χ3v) is 4.32. The first kappa shape index (κ1) is 17.1. The highest BCUT2D eigenvalue weighted by molar-refractivity contribution is 5.82. The van der Waals surface area contributed by atoms with E-state index in [0.717, 1.165) is 12.1 Å². The Balaban J connectivity index is 1.41. The van der Waals surface area contributed by atoms with E-state index in [1.807, 2.05) is 23.1 Å². The quantitative estimate of drug-likeness (QED) is 0.827. The lowest BCUT2D eigenvalue weighted by atomic mass is 10.1. The molecule has 0 unspecified atom stereocenters. The number of carbonyl (C=O) groups is 2. The van der Waals surface area contributed by atoms with E-state index >= 15 is 0 Å². The molecular weight excluding hydrogens is 316 g/mol. The van der Waals surface area contributed by atoms with Crippen LogP contribution in [0.2, 0.25) is 0 Å². The van der Waals surface area contributed by atoms with E-state index < -0.39 is 0 Å². The normalized spacial score (nSPS) is 16.9. The van der Waals surface area contributed by atoms with Crippen molar-refractivity contribution < 1.29 is 9.59 Å². The summed E-state index contributed by atoms with van der Waals surface area (Å²) < 4.78 is 0. The van der Waals surface area contributed by atoms with Gasteiger partial charge in [0.1, 0.15) is 0 Å². The second-order valence-electron chi connectivity index (χ2n) is 6.24. The van der Waals surface area contributed by atoms with Crippen LogP contribution in [0.15, 0.2) is 48.9 Å². The van der Waals surface area contributed by atoms with Crippen LogP contribution in [0.5, 0.6) is 0 Å². The molecule has 6 nitrogen and oxygen atoms in total. The van der Waals surface area contributed by atoms with Crippen LogP contribution in [0.4, 0.5) is 0 Å². The fourth-order valence-corrected chi connectivity index (χ4v) is 2.99. The SMILES string of the molecule is O=C(CCc1cnccn1)N[C@@H]1CC(=O)N(CCc2ccccc2)C1. The van der Waals surface area contributed by atoms with E-state index in [0.29, 0.717) is 32.4 Å².